The van der Waals surface area contributed by atoms with Gasteiger partial charge in [-0.1, -0.05) is 60.3 Å². The zero-order valence-electron chi connectivity index (χ0n) is 79.0. The number of imidazole rings is 4. The van der Waals surface area contributed by atoms with Gasteiger partial charge in [0.2, 0.25) is 40.1 Å². The number of H-pyrrole nitrogens is 4. The number of ether oxygens (including phenoxy) is 4. The number of piperidine rings is 1. The van der Waals surface area contributed by atoms with Crippen molar-refractivity contribution in [1.82, 2.24) is 109 Å². The Morgan fingerprint density at radius 2 is 0.593 bits per heavy atom. The molecule has 41 nitrogen and oxygen atoms in total. The molecule has 12 heterocycles. The lowest BCUT2D eigenvalue weighted by molar-refractivity contribution is 0.113. The maximum Gasteiger partial charge on any atom is 0.334 e. The number of likely N-dealkylation sites (N-methyl/N-ethyl adjacent to an activating group) is 2. The van der Waals surface area contributed by atoms with Gasteiger partial charge in [0, 0.05) is 98.2 Å². The average molecular weight is 1940 g/mol. The van der Waals surface area contributed by atoms with E-state index in [2.05, 4.69) is 71.5 Å². The first kappa shape index (κ1) is 101. The average Bonchev–Trinajstić information content (AvgIpc) is 1.76. The van der Waals surface area contributed by atoms with E-state index >= 15 is 0 Å². The van der Waals surface area contributed by atoms with Crippen LogP contribution >= 0.6 is 0 Å². The molecule has 12 aromatic rings. The highest BCUT2D eigenvalue weighted by atomic mass is 32.2. The summed E-state index contributed by atoms with van der Waals surface area (Å²) >= 11 is 0. The van der Waals surface area contributed by atoms with Crippen molar-refractivity contribution >= 4 is 62.7 Å². The molecule has 135 heavy (non-hydrogen) atoms. The van der Waals surface area contributed by atoms with Crippen LogP contribution in [0.15, 0.2) is 112 Å². The van der Waals surface area contributed by atoms with Crippen LogP contribution < -0.4 is 41.7 Å². The van der Waals surface area contributed by atoms with Gasteiger partial charge in [0.05, 0.1) is 104 Å². The van der Waals surface area contributed by atoms with Crippen molar-refractivity contribution in [1.29, 1.82) is 0 Å². The minimum Gasteiger partial charge on any atom is -0.493 e. The van der Waals surface area contributed by atoms with E-state index in [0.717, 1.165) is 55.0 Å². The fourth-order valence-electron chi connectivity index (χ4n) is 16.9. The number of sulfonamides is 4. The number of nitrogens with zero attached hydrogens (tertiary/aromatic N) is 19. The van der Waals surface area contributed by atoms with Crippen LogP contribution in [-0.2, 0) is 65.8 Å². The summed E-state index contributed by atoms with van der Waals surface area (Å²) in [5, 5.41) is 18.9. The lowest BCUT2D eigenvalue weighted by atomic mass is 10.1. The van der Waals surface area contributed by atoms with Crippen LogP contribution in [0.2, 0.25) is 0 Å². The van der Waals surface area contributed by atoms with Gasteiger partial charge in [0.25, 0.3) is 0 Å². The molecule has 4 aliphatic rings. The summed E-state index contributed by atoms with van der Waals surface area (Å²) < 4.78 is 141. The number of aromatic amines is 4. The number of β-amino-alcohol motifs (C(OH)–C–C–N with tert-alkyl or cyclic N) is 1. The third-order valence-corrected chi connectivity index (χ3v) is 31.5. The van der Waals surface area contributed by atoms with Gasteiger partial charge in [0.1, 0.15) is 69.6 Å². The molecule has 8 aromatic heterocycles. The third kappa shape index (κ3) is 22.0. The maximum absolute atomic E-state index is 13.4. The minimum absolute atomic E-state index is 0.0429. The van der Waals surface area contributed by atoms with Crippen molar-refractivity contribution in [3.05, 3.63) is 161 Å². The van der Waals surface area contributed by atoms with Crippen molar-refractivity contribution in [2.24, 2.45) is 0 Å². The van der Waals surface area contributed by atoms with Gasteiger partial charge in [-0.15, -0.1) is 0 Å². The Labute approximate surface area is 784 Å². The van der Waals surface area contributed by atoms with Gasteiger partial charge in [-0.25, -0.2) is 110 Å². The predicted octanol–water partition coefficient (Wildman–Crippen LogP) is 6.68. The van der Waals surface area contributed by atoms with E-state index in [1.807, 2.05) is 67.3 Å². The van der Waals surface area contributed by atoms with Gasteiger partial charge >= 0.3 is 22.8 Å². The van der Waals surface area contributed by atoms with Crippen molar-refractivity contribution in [2.75, 3.05) is 145 Å². The van der Waals surface area contributed by atoms with Crippen molar-refractivity contribution in [2.45, 2.75) is 180 Å². The summed E-state index contributed by atoms with van der Waals surface area (Å²) in [6, 6.07) is 18.6. The second-order valence-corrected chi connectivity index (χ2v) is 40.9. The van der Waals surface area contributed by atoms with Crippen LogP contribution in [0.5, 0.6) is 23.0 Å². The van der Waals surface area contributed by atoms with Crippen LogP contribution in [-0.4, -0.2) is 304 Å². The first-order valence-corrected chi connectivity index (χ1v) is 51.8. The number of aryl methyl sites for hydroxylation is 8. The second-order valence-electron chi connectivity index (χ2n) is 33.1. The quantitative estimate of drug-likeness (QED) is 0.0264. The van der Waals surface area contributed by atoms with Crippen LogP contribution in [0, 0.1) is 27.7 Å². The Balaban J connectivity index is 0.000000152. The number of benzene rings is 4. The topological polar surface area (TPSA) is 489 Å². The number of piperazine rings is 3. The Kier molecular flexibility index (Phi) is 33.0. The Morgan fingerprint density at radius 3 is 0.830 bits per heavy atom. The highest BCUT2D eigenvalue weighted by Crippen LogP contribution is 2.38. The minimum atomic E-state index is -3.78. The van der Waals surface area contributed by atoms with Gasteiger partial charge < -0.3 is 39.0 Å². The number of aliphatic hydroxyl groups excluding tert-OH is 2. The maximum atomic E-state index is 13.4. The predicted molar refractivity (Wildman–Crippen MR) is 509 cm³/mol. The van der Waals surface area contributed by atoms with E-state index in [4.69, 9.17) is 29.0 Å². The van der Waals surface area contributed by atoms with E-state index in [0.29, 0.717) is 241 Å². The molecule has 45 heteroatoms. The van der Waals surface area contributed by atoms with E-state index in [-0.39, 0.29) is 74.0 Å². The first-order valence-electron chi connectivity index (χ1n) is 46.1. The summed E-state index contributed by atoms with van der Waals surface area (Å²) in [6.07, 6.45) is 6.43. The zero-order chi connectivity index (χ0) is 97.1. The lowest BCUT2D eigenvalue weighted by Gasteiger charge is -2.33. The smallest absolute Gasteiger partial charge is 0.334 e. The molecule has 0 saturated carbocycles. The molecule has 0 amide bonds. The molecule has 16 rings (SSSR count). The van der Waals surface area contributed by atoms with E-state index < -0.39 is 57.6 Å². The van der Waals surface area contributed by atoms with Crippen LogP contribution in [0.4, 0.5) is 0 Å². The number of aromatic nitrogens is 16. The number of hydrogen-bond acceptors (Lipinski definition) is 29. The molecule has 4 aromatic carbocycles. The fraction of sp³-hybridized carbons (Fsp3) is 0.511. The van der Waals surface area contributed by atoms with Gasteiger partial charge in [0.15, 0.2) is 22.6 Å². The Bertz CT molecular complexity index is 6790. The summed E-state index contributed by atoms with van der Waals surface area (Å²) in [4.78, 5) is 106. The molecular formula is C90H123N23O18S4. The Hall–Kier alpha value is -11.1. The molecule has 4 aliphatic heterocycles. The SMILES string of the molecule is CCCc1nc(C)n2c(=O)[nH]c(-c3cc(S(=O)(=O)N4CCC(O)CC4)ccc3OCC)nc12.CCCc1nc(C)n2c(=O)[nH]c(-c3cc(S(=O)(=O)N4CCN(C)CC4)ccc3OCC)nc12.CCCc1nc(C)n2c(=O)[nH]c(-c3cc(S(=O)(=O)N4CCN(CC)CC4)ccc3OCC)nc12.CCCc1nc(C)n2c(=O)[nH]c(-c3cc(S(=O)(=O)N4CCN(CCO)CC4)ccc3OCC)nc12. The summed E-state index contributed by atoms with van der Waals surface area (Å²) in [7, 11) is -13.0. The van der Waals surface area contributed by atoms with E-state index in [1.54, 1.807) is 70.2 Å². The monoisotopic (exact) mass is 1940 g/mol. The second kappa shape index (κ2) is 43.9. The van der Waals surface area contributed by atoms with Crippen molar-refractivity contribution < 1.29 is 62.8 Å². The zero-order valence-corrected chi connectivity index (χ0v) is 82.2. The van der Waals surface area contributed by atoms with E-state index in [9.17, 15) is 58.0 Å². The summed E-state index contributed by atoms with van der Waals surface area (Å²) in [5.74, 6) is 4.94. The Morgan fingerprint density at radius 1 is 0.348 bits per heavy atom. The van der Waals surface area contributed by atoms with Crippen LogP contribution in [0.25, 0.3) is 68.1 Å². The number of hydrogen-bond donors (Lipinski definition) is 6. The number of rotatable bonds is 31. The van der Waals surface area contributed by atoms with Gasteiger partial charge in [-0.3, -0.25) is 24.8 Å². The molecule has 4 saturated heterocycles. The molecular weight excluding hydrogens is 1820 g/mol. The van der Waals surface area contributed by atoms with Crippen LogP contribution in [0.1, 0.15) is 147 Å². The number of aliphatic hydroxyl groups is 2. The number of nitrogens with one attached hydrogen (secondary N) is 4. The summed E-state index contributed by atoms with van der Waals surface area (Å²) in [6.45, 7) is 34.3. The highest BCUT2D eigenvalue weighted by molar-refractivity contribution is 7.90. The van der Waals surface area contributed by atoms with Crippen LogP contribution in [0.3, 0.4) is 0 Å². The molecule has 0 radical (unpaired) electrons. The molecule has 0 bridgehead atoms. The largest absolute Gasteiger partial charge is 0.493 e. The highest BCUT2D eigenvalue weighted by Gasteiger charge is 2.36. The molecule has 0 spiro atoms. The molecule has 0 atom stereocenters. The van der Waals surface area contributed by atoms with Crippen molar-refractivity contribution in [3.63, 3.8) is 0 Å². The third-order valence-electron chi connectivity index (χ3n) is 23.9. The molecule has 730 valence electrons. The molecule has 6 N–H and O–H groups in total. The molecule has 0 aliphatic carbocycles. The number of fused-ring (bicyclic) bond motifs is 4. The molecule has 4 fully saturated rings. The normalized spacial score (nSPS) is 15.8. The van der Waals surface area contributed by atoms with Gasteiger partial charge in [-0.05, 0) is 180 Å². The molecule has 0 unspecified atom stereocenters. The van der Waals surface area contributed by atoms with E-state index in [1.165, 1.54) is 65.2 Å². The standard InChI is InChI=1S/C23H32N6O5S.C23H32N6O4S.C22H30N6O4S.C22H29N5O5S/c1-4-6-19-22-25-21(26-23(31)29(22)16(3)24-19)18-15-17(7-8-20(18)34-5-2)35(32,33)28-11-9-27(10-12-28)13-14-30;1-5-8-19-22-25-21(26-23(30)29(22)16(4)24-19)18-15-17(9-10-20(18)33-7-3)34(31,32)28-13-11-27(6-2)12-14-28;1-5-7-18-21-24-20(25-22(29)28(21)15(3)23-18)17-14-16(8-9-19(17)32-6-2)33(30,31)27-12-10-26(4)11-13-27;1-4-6-18-21-24-20(25-22(29)27(21)14(3)23-18)17-13-16(7-8-19(17)32-5-2)33(30,31)26-11-9-15(28)10-12-26/h7-8,15,30H,4-6,9-14H2,1-3H3,(H,25,26,31);9-10,15H,5-8,11-14H2,1-4H3,(H,25,26,30);8-9,14H,5-7,10-13H2,1-4H3,(H,24,25,29);7-8,13,15,28H,4-6,9-12H2,1-3H3,(H,24,25,29). The fourth-order valence-corrected chi connectivity index (χ4v) is 22.7. The first-order chi connectivity index (χ1) is 64.6. The van der Waals surface area contributed by atoms with Gasteiger partial charge in [-0.2, -0.15) is 17.2 Å². The summed E-state index contributed by atoms with van der Waals surface area (Å²) in [5.41, 5.74) is 4.86. The lowest BCUT2D eigenvalue weighted by Crippen LogP contribution is -2.49. The van der Waals surface area contributed by atoms with Crippen molar-refractivity contribution in [3.8, 4) is 68.5 Å².